The van der Waals surface area contributed by atoms with Crippen LogP contribution in [0.2, 0.25) is 5.02 Å². The number of benzene rings is 3. The van der Waals surface area contributed by atoms with Crippen LogP contribution in [-0.2, 0) is 6.54 Å². The third-order valence-corrected chi connectivity index (χ3v) is 7.36. The first-order valence-corrected chi connectivity index (χ1v) is 12.7. The molecule has 4 aromatic rings. The lowest BCUT2D eigenvalue weighted by atomic mass is 10.1. The maximum Gasteiger partial charge on any atom is 0.116 e. The molecule has 6 heteroatoms. The van der Waals surface area contributed by atoms with Gasteiger partial charge in [0.2, 0.25) is 0 Å². The van der Waals surface area contributed by atoms with Crippen molar-refractivity contribution in [2.45, 2.75) is 26.3 Å². The van der Waals surface area contributed by atoms with E-state index in [-0.39, 0.29) is 11.5 Å². The van der Waals surface area contributed by atoms with Crippen molar-refractivity contribution in [3.05, 3.63) is 77.3 Å². The lowest BCUT2D eigenvalue weighted by Gasteiger charge is -2.36. The highest BCUT2D eigenvalue weighted by atomic mass is 35.5. The standard InChI is InChI=1S/C29H32ClN3O2/c1-21-27-20-26(35)12-13-28(27)33(29(21)22-4-10-25(34)11-5-22)15-3-2-14-31-16-18-32(19-17-31)24-8-6-23(30)7-9-24/h4-13,20,34-35H,2-3,14-19H2,1H3. The number of hydrogen-bond donors (Lipinski definition) is 2. The molecule has 0 atom stereocenters. The van der Waals surface area contributed by atoms with Crippen molar-refractivity contribution in [3.8, 4) is 22.8 Å². The molecule has 5 nitrogen and oxygen atoms in total. The van der Waals surface area contributed by atoms with Crippen LogP contribution in [0.15, 0.2) is 66.7 Å². The van der Waals surface area contributed by atoms with Gasteiger partial charge in [0, 0.05) is 54.3 Å². The molecule has 5 rings (SSSR count). The Morgan fingerprint density at radius 2 is 1.43 bits per heavy atom. The first-order chi connectivity index (χ1) is 17.0. The van der Waals surface area contributed by atoms with Crippen molar-refractivity contribution in [1.82, 2.24) is 9.47 Å². The molecule has 1 fully saturated rings. The fourth-order valence-corrected chi connectivity index (χ4v) is 5.35. The average Bonchev–Trinajstić information content (AvgIpc) is 3.14. The molecule has 35 heavy (non-hydrogen) atoms. The van der Waals surface area contributed by atoms with Crippen molar-refractivity contribution >= 4 is 28.2 Å². The number of piperazine rings is 1. The molecule has 0 spiro atoms. The van der Waals surface area contributed by atoms with Crippen LogP contribution in [-0.4, -0.2) is 52.4 Å². The highest BCUT2D eigenvalue weighted by Gasteiger charge is 2.18. The zero-order chi connectivity index (χ0) is 24.4. The molecule has 0 radical (unpaired) electrons. The van der Waals surface area contributed by atoms with Crippen LogP contribution < -0.4 is 4.90 Å². The van der Waals surface area contributed by atoms with Gasteiger partial charge >= 0.3 is 0 Å². The molecular formula is C29H32ClN3O2. The molecule has 3 aromatic carbocycles. The minimum absolute atomic E-state index is 0.267. The fourth-order valence-electron chi connectivity index (χ4n) is 5.22. The van der Waals surface area contributed by atoms with E-state index in [1.165, 1.54) is 5.69 Å². The van der Waals surface area contributed by atoms with Gasteiger partial charge in [-0.15, -0.1) is 0 Å². The number of unbranched alkanes of at least 4 members (excludes halogenated alkanes) is 1. The first-order valence-electron chi connectivity index (χ1n) is 12.3. The number of nitrogens with zero attached hydrogens (tertiary/aromatic N) is 3. The number of phenols is 2. The van der Waals surface area contributed by atoms with Gasteiger partial charge in [-0.05, 0) is 104 Å². The summed E-state index contributed by atoms with van der Waals surface area (Å²) < 4.78 is 2.37. The van der Waals surface area contributed by atoms with E-state index in [1.807, 2.05) is 36.4 Å². The van der Waals surface area contributed by atoms with Crippen molar-refractivity contribution in [2.75, 3.05) is 37.6 Å². The van der Waals surface area contributed by atoms with Crippen LogP contribution in [0.1, 0.15) is 18.4 Å². The van der Waals surface area contributed by atoms with Crippen molar-refractivity contribution in [2.24, 2.45) is 0 Å². The monoisotopic (exact) mass is 489 g/mol. The van der Waals surface area contributed by atoms with Crippen LogP contribution in [0.4, 0.5) is 5.69 Å². The van der Waals surface area contributed by atoms with Gasteiger partial charge in [0.25, 0.3) is 0 Å². The maximum atomic E-state index is 10.1. The average molecular weight is 490 g/mol. The second kappa shape index (κ2) is 10.2. The molecule has 0 bridgehead atoms. The Bertz CT molecular complexity index is 1290. The van der Waals surface area contributed by atoms with Gasteiger partial charge in [-0.3, -0.25) is 4.90 Å². The number of phenolic OH excluding ortho intramolecular Hbond substituents is 2. The lowest BCUT2D eigenvalue weighted by Crippen LogP contribution is -2.46. The summed E-state index contributed by atoms with van der Waals surface area (Å²) in [7, 11) is 0. The summed E-state index contributed by atoms with van der Waals surface area (Å²) in [4.78, 5) is 4.99. The summed E-state index contributed by atoms with van der Waals surface area (Å²) in [6.45, 7) is 8.35. The molecule has 2 N–H and O–H groups in total. The van der Waals surface area contributed by atoms with Crippen LogP contribution in [0.25, 0.3) is 22.2 Å². The summed E-state index contributed by atoms with van der Waals surface area (Å²) in [5.41, 5.74) is 5.77. The zero-order valence-corrected chi connectivity index (χ0v) is 20.9. The quantitative estimate of drug-likeness (QED) is 0.300. The normalized spacial score (nSPS) is 14.6. The summed E-state index contributed by atoms with van der Waals surface area (Å²) >= 11 is 6.03. The summed E-state index contributed by atoms with van der Waals surface area (Å²) in [5, 5.41) is 21.7. The molecule has 2 heterocycles. The smallest absolute Gasteiger partial charge is 0.116 e. The minimum Gasteiger partial charge on any atom is -0.508 e. The number of rotatable bonds is 7. The number of anilines is 1. The van der Waals surface area contributed by atoms with E-state index < -0.39 is 0 Å². The Morgan fingerprint density at radius 3 is 2.14 bits per heavy atom. The Balaban J connectivity index is 1.23. The first kappa shape index (κ1) is 23.6. The number of aryl methyl sites for hydroxylation is 2. The fraction of sp³-hybridized carbons (Fsp3) is 0.310. The summed E-state index contributed by atoms with van der Waals surface area (Å²) in [5.74, 6) is 0.551. The van der Waals surface area contributed by atoms with Crippen LogP contribution in [0, 0.1) is 6.92 Å². The van der Waals surface area contributed by atoms with E-state index in [9.17, 15) is 10.2 Å². The summed E-state index contributed by atoms with van der Waals surface area (Å²) in [6.07, 6.45) is 2.21. The molecule has 1 aliphatic heterocycles. The minimum atomic E-state index is 0.267. The van der Waals surface area contributed by atoms with Crippen LogP contribution in [0.3, 0.4) is 0 Å². The third-order valence-electron chi connectivity index (χ3n) is 7.11. The molecule has 1 aliphatic rings. The predicted octanol–water partition coefficient (Wildman–Crippen LogP) is 6.28. The number of halogens is 1. The van der Waals surface area contributed by atoms with Crippen LogP contribution >= 0.6 is 11.6 Å². The highest BCUT2D eigenvalue weighted by Crippen LogP contribution is 2.36. The lowest BCUT2D eigenvalue weighted by molar-refractivity contribution is 0.251. The van der Waals surface area contributed by atoms with Gasteiger partial charge in [0.05, 0.1) is 5.69 Å². The van der Waals surface area contributed by atoms with Crippen molar-refractivity contribution in [3.63, 3.8) is 0 Å². The predicted molar refractivity (Wildman–Crippen MR) is 145 cm³/mol. The second-order valence-electron chi connectivity index (χ2n) is 9.39. The SMILES string of the molecule is Cc1c(-c2ccc(O)cc2)n(CCCCN2CCN(c3ccc(Cl)cc3)CC2)c2ccc(O)cc12. The Kier molecular flexibility index (Phi) is 6.89. The molecule has 0 aliphatic carbocycles. The van der Waals surface area contributed by atoms with E-state index in [0.717, 1.165) is 84.9 Å². The van der Waals surface area contributed by atoms with Gasteiger partial charge in [-0.1, -0.05) is 11.6 Å². The van der Waals surface area contributed by atoms with Crippen LogP contribution in [0.5, 0.6) is 11.5 Å². The molecule has 182 valence electrons. The van der Waals surface area contributed by atoms with Crippen molar-refractivity contribution < 1.29 is 10.2 Å². The third kappa shape index (κ3) is 5.12. The Morgan fingerprint density at radius 1 is 0.771 bits per heavy atom. The van der Waals surface area contributed by atoms with Gasteiger partial charge < -0.3 is 19.7 Å². The Hall–Kier alpha value is -3.15. The topological polar surface area (TPSA) is 51.9 Å². The van der Waals surface area contributed by atoms with E-state index in [0.29, 0.717) is 0 Å². The largest absolute Gasteiger partial charge is 0.508 e. The number of fused-ring (bicyclic) bond motifs is 1. The number of aromatic hydroxyl groups is 2. The van der Waals surface area contributed by atoms with E-state index in [2.05, 4.69) is 33.4 Å². The molecule has 1 saturated heterocycles. The second-order valence-corrected chi connectivity index (χ2v) is 9.82. The maximum absolute atomic E-state index is 10.1. The van der Waals surface area contributed by atoms with E-state index >= 15 is 0 Å². The van der Waals surface area contributed by atoms with E-state index in [1.54, 1.807) is 18.2 Å². The van der Waals surface area contributed by atoms with E-state index in [4.69, 9.17) is 11.6 Å². The molecule has 0 amide bonds. The van der Waals surface area contributed by atoms with Gasteiger partial charge in [0.15, 0.2) is 0 Å². The van der Waals surface area contributed by atoms with Gasteiger partial charge in [-0.25, -0.2) is 0 Å². The zero-order valence-electron chi connectivity index (χ0n) is 20.1. The van der Waals surface area contributed by atoms with Crippen molar-refractivity contribution in [1.29, 1.82) is 0 Å². The number of aromatic nitrogens is 1. The molecule has 0 unspecified atom stereocenters. The Labute approximate surface area is 211 Å². The molecular weight excluding hydrogens is 458 g/mol. The highest BCUT2D eigenvalue weighted by molar-refractivity contribution is 6.30. The number of hydrogen-bond acceptors (Lipinski definition) is 4. The molecule has 0 saturated carbocycles. The summed E-state index contributed by atoms with van der Waals surface area (Å²) in [6, 6.07) is 21.2. The van der Waals surface area contributed by atoms with Gasteiger partial charge in [0.1, 0.15) is 11.5 Å². The molecule has 1 aromatic heterocycles. The van der Waals surface area contributed by atoms with Gasteiger partial charge in [-0.2, -0.15) is 0 Å².